The Balaban J connectivity index is 4.25. The summed E-state index contributed by atoms with van der Waals surface area (Å²) in [5.74, 6) is -0.230. The zero-order valence-corrected chi connectivity index (χ0v) is 55.2. The number of phosphoric acid groups is 1. The predicted molar refractivity (Wildman–Crippen MR) is 362 cm³/mol. The molecule has 0 aromatic carbocycles. The van der Waals surface area contributed by atoms with Gasteiger partial charge in [-0.25, -0.2) is 0 Å². The summed E-state index contributed by atoms with van der Waals surface area (Å²) in [6.07, 6.45) is 95.7. The second-order valence-electron chi connectivity index (χ2n) is 23.8. The minimum atomic E-state index is -4.63. The van der Waals surface area contributed by atoms with Crippen LogP contribution in [0, 0.1) is 0 Å². The second-order valence-corrected chi connectivity index (χ2v) is 25.2. The number of likely N-dealkylation sites (N-methyl/N-ethyl adjacent to an activating group) is 1. The van der Waals surface area contributed by atoms with Crippen molar-refractivity contribution in [3.05, 3.63) is 134 Å². The van der Waals surface area contributed by atoms with Crippen LogP contribution in [0.1, 0.15) is 277 Å². The van der Waals surface area contributed by atoms with E-state index >= 15 is 0 Å². The van der Waals surface area contributed by atoms with E-state index in [1.165, 1.54) is 135 Å². The molecule has 9 heteroatoms. The summed E-state index contributed by atoms with van der Waals surface area (Å²) in [6, 6.07) is -0.930. The van der Waals surface area contributed by atoms with Gasteiger partial charge in [0.15, 0.2) is 0 Å². The van der Waals surface area contributed by atoms with Crippen molar-refractivity contribution in [2.45, 2.75) is 289 Å². The molecule has 0 bridgehead atoms. The predicted octanol–water partition coefficient (Wildman–Crippen LogP) is 21.2. The molecule has 3 unspecified atom stereocenters. The number of hydrogen-bond donors (Lipinski definition) is 2. The summed E-state index contributed by atoms with van der Waals surface area (Å²) in [5.41, 5.74) is 0. The van der Waals surface area contributed by atoms with Gasteiger partial charge in [-0.1, -0.05) is 295 Å². The first-order valence-corrected chi connectivity index (χ1v) is 35.5. The minimum Gasteiger partial charge on any atom is -0.756 e. The van der Waals surface area contributed by atoms with Crippen LogP contribution in [-0.2, 0) is 18.4 Å². The molecule has 8 nitrogen and oxygen atoms in total. The normalized spacial score (nSPS) is 14.5. The van der Waals surface area contributed by atoms with Gasteiger partial charge in [0.2, 0.25) is 5.91 Å². The molecule has 476 valence electrons. The van der Waals surface area contributed by atoms with Gasteiger partial charge in [-0.15, -0.1) is 0 Å². The highest BCUT2D eigenvalue weighted by Crippen LogP contribution is 2.38. The van der Waals surface area contributed by atoms with Crippen molar-refractivity contribution in [3.63, 3.8) is 0 Å². The van der Waals surface area contributed by atoms with Crippen LogP contribution >= 0.6 is 7.82 Å². The van der Waals surface area contributed by atoms with Gasteiger partial charge in [-0.3, -0.25) is 9.36 Å². The Kier molecular flexibility index (Phi) is 60.6. The number of aliphatic hydroxyl groups excluding tert-OH is 1. The molecule has 0 aromatic heterocycles. The van der Waals surface area contributed by atoms with E-state index in [2.05, 4.69) is 141 Å². The molecule has 0 aliphatic heterocycles. The van der Waals surface area contributed by atoms with Crippen molar-refractivity contribution in [1.29, 1.82) is 0 Å². The molecule has 0 aliphatic carbocycles. The van der Waals surface area contributed by atoms with Crippen molar-refractivity contribution in [2.24, 2.45) is 0 Å². The number of carbonyl (C=O) groups is 1. The first-order valence-electron chi connectivity index (χ1n) is 34.0. The molecule has 0 saturated heterocycles. The molecule has 3 atom stereocenters. The minimum absolute atomic E-state index is 0.0195. The third-order valence-electron chi connectivity index (χ3n) is 14.6. The maximum absolute atomic E-state index is 13.0. The zero-order chi connectivity index (χ0) is 60.5. The van der Waals surface area contributed by atoms with E-state index < -0.39 is 26.6 Å². The molecule has 0 saturated carbocycles. The van der Waals surface area contributed by atoms with Crippen molar-refractivity contribution in [2.75, 3.05) is 40.9 Å². The molecule has 0 fully saturated rings. The van der Waals surface area contributed by atoms with Gasteiger partial charge in [0.1, 0.15) is 13.2 Å². The molecular formula is C74H129N2O6P. The van der Waals surface area contributed by atoms with E-state index in [1.54, 1.807) is 6.08 Å². The average Bonchev–Trinajstić information content (AvgIpc) is 3.49. The number of quaternary nitrogens is 1. The Morgan fingerprint density at radius 1 is 0.434 bits per heavy atom. The number of unbranched alkanes of at least 4 members (excludes halogenated alkanes) is 28. The number of carbonyl (C=O) groups excluding carboxylic acids is 1. The van der Waals surface area contributed by atoms with Crippen molar-refractivity contribution in [1.82, 2.24) is 5.32 Å². The molecule has 0 aliphatic rings. The smallest absolute Gasteiger partial charge is 0.268 e. The third kappa shape index (κ3) is 66.0. The fourth-order valence-electron chi connectivity index (χ4n) is 9.32. The van der Waals surface area contributed by atoms with Crippen molar-refractivity contribution in [3.8, 4) is 0 Å². The largest absolute Gasteiger partial charge is 0.756 e. The maximum Gasteiger partial charge on any atom is 0.268 e. The van der Waals surface area contributed by atoms with Crippen LogP contribution in [0.15, 0.2) is 134 Å². The summed E-state index contributed by atoms with van der Waals surface area (Å²) in [4.78, 5) is 25.6. The third-order valence-corrected chi connectivity index (χ3v) is 15.5. The highest BCUT2D eigenvalue weighted by Gasteiger charge is 2.23. The van der Waals surface area contributed by atoms with Gasteiger partial charge >= 0.3 is 0 Å². The van der Waals surface area contributed by atoms with E-state index in [4.69, 9.17) is 9.05 Å². The van der Waals surface area contributed by atoms with E-state index in [-0.39, 0.29) is 12.5 Å². The van der Waals surface area contributed by atoms with Crippen LogP contribution in [0.25, 0.3) is 0 Å². The topological polar surface area (TPSA) is 108 Å². The van der Waals surface area contributed by atoms with Crippen LogP contribution in [-0.4, -0.2) is 68.5 Å². The van der Waals surface area contributed by atoms with Gasteiger partial charge < -0.3 is 28.8 Å². The molecule has 0 radical (unpaired) electrons. The number of hydrogen-bond acceptors (Lipinski definition) is 6. The molecule has 0 spiro atoms. The quantitative estimate of drug-likeness (QED) is 0.0272. The number of rotatable bonds is 61. The fraction of sp³-hybridized carbons (Fsp3) is 0.689. The Morgan fingerprint density at radius 3 is 1.12 bits per heavy atom. The molecule has 0 heterocycles. The standard InChI is InChI=1S/C74H129N2O6P/c1-6-8-10-12-14-16-18-20-22-24-26-28-30-32-34-36-38-40-42-44-46-48-50-52-54-56-58-60-62-64-66-68-74(78)75-72(71-82-83(79,80)81-70-69-76(3,4)5)73(77)67-65-63-61-59-57-55-53-51-49-47-45-43-41-39-37-35-33-31-29-27-25-23-21-19-17-15-13-11-9-7-2/h8,10,14,16,20,22,26,28,32,34,38,40,44,46,49-52,57,59,65,67,72-73,77H,6-7,9,11-13,15,17-19,21,23-25,27,29-31,33,35-37,39,41-43,45,47-48,53-56,58,60-64,66,68-71H2,1-5H3,(H-,75,78,79,80)/b10-8-,16-14-,22-20-,28-26-,34-32-,40-38-,46-44-,51-49+,52-50-,59-57+,67-65+. The first-order chi connectivity index (χ1) is 40.5. The lowest BCUT2D eigenvalue weighted by Crippen LogP contribution is -2.45. The highest BCUT2D eigenvalue weighted by atomic mass is 31.2. The van der Waals surface area contributed by atoms with E-state index in [9.17, 15) is 19.4 Å². The number of nitrogens with one attached hydrogen (secondary N) is 1. The van der Waals surface area contributed by atoms with Crippen molar-refractivity contribution < 1.29 is 32.9 Å². The summed E-state index contributed by atoms with van der Waals surface area (Å²) >= 11 is 0. The Morgan fingerprint density at radius 2 is 0.747 bits per heavy atom. The molecule has 83 heavy (non-hydrogen) atoms. The van der Waals surface area contributed by atoms with Crippen LogP contribution in [0.4, 0.5) is 0 Å². The maximum atomic E-state index is 13.0. The number of nitrogens with zero attached hydrogens (tertiary/aromatic N) is 1. The Labute approximate surface area is 513 Å². The number of allylic oxidation sites excluding steroid dienone is 21. The first kappa shape index (κ1) is 79.6. The van der Waals surface area contributed by atoms with Gasteiger partial charge in [0.05, 0.1) is 39.9 Å². The zero-order valence-electron chi connectivity index (χ0n) is 54.4. The van der Waals surface area contributed by atoms with Gasteiger partial charge in [-0.05, 0) is 109 Å². The summed E-state index contributed by atoms with van der Waals surface area (Å²) in [7, 11) is 1.21. The summed E-state index contributed by atoms with van der Waals surface area (Å²) in [6.45, 7) is 4.50. The number of phosphoric ester groups is 1. The number of aliphatic hydroxyl groups is 1. The van der Waals surface area contributed by atoms with E-state index in [1.807, 2.05) is 27.2 Å². The van der Waals surface area contributed by atoms with Gasteiger partial charge in [-0.2, -0.15) is 0 Å². The van der Waals surface area contributed by atoms with Crippen LogP contribution in [0.2, 0.25) is 0 Å². The molecule has 0 aromatic rings. The van der Waals surface area contributed by atoms with E-state index in [0.29, 0.717) is 17.4 Å². The fourth-order valence-corrected chi connectivity index (χ4v) is 10.0. The van der Waals surface area contributed by atoms with Crippen molar-refractivity contribution >= 4 is 13.7 Å². The molecule has 1 amide bonds. The van der Waals surface area contributed by atoms with Crippen LogP contribution in [0.3, 0.4) is 0 Å². The Bertz CT molecular complexity index is 1810. The lowest BCUT2D eigenvalue weighted by molar-refractivity contribution is -0.870. The summed E-state index contributed by atoms with van der Waals surface area (Å²) < 4.78 is 23.4. The average molecular weight is 1170 g/mol. The lowest BCUT2D eigenvalue weighted by atomic mass is 10.0. The van der Waals surface area contributed by atoms with Gasteiger partial charge in [0.25, 0.3) is 7.82 Å². The van der Waals surface area contributed by atoms with Crippen LogP contribution < -0.4 is 10.2 Å². The van der Waals surface area contributed by atoms with Crippen LogP contribution in [0.5, 0.6) is 0 Å². The summed E-state index contributed by atoms with van der Waals surface area (Å²) in [5, 5.41) is 13.9. The van der Waals surface area contributed by atoms with Gasteiger partial charge in [0, 0.05) is 6.42 Å². The Hall–Kier alpha value is -3.36. The highest BCUT2D eigenvalue weighted by molar-refractivity contribution is 7.45. The second kappa shape index (κ2) is 63.2. The SMILES string of the molecule is CC/C=C\C/C=C\C/C=C\C/C=C\C/C=C\C/C=C\C/C=C\C/C=C\CCCCCCCCC(=O)NC(COP(=O)([O-])OCC[N+](C)(C)C)C(O)/C=C/CC/C=C/CC/C=C/CCCCCCCCCCCCCCCCCCCCCC. The lowest BCUT2D eigenvalue weighted by Gasteiger charge is -2.29. The number of amides is 1. The monoisotopic (exact) mass is 1170 g/mol. The molecular weight excluding hydrogens is 1040 g/mol. The molecule has 0 rings (SSSR count). The molecule has 2 N–H and O–H groups in total. The van der Waals surface area contributed by atoms with E-state index in [0.717, 1.165) is 122 Å².